The van der Waals surface area contributed by atoms with Gasteiger partial charge < -0.3 is 14.2 Å². The Kier molecular flexibility index (Phi) is 4.58. The number of ether oxygens (including phenoxy) is 3. The first-order valence-corrected chi connectivity index (χ1v) is 9.18. The highest BCUT2D eigenvalue weighted by atomic mass is 19.3. The Labute approximate surface area is 173 Å². The molecule has 0 aliphatic carbocycles. The molecule has 5 rings (SSSR count). The van der Waals surface area contributed by atoms with E-state index in [1.54, 1.807) is 47.3 Å². The Morgan fingerprint density at radius 2 is 1.87 bits per heavy atom. The molecule has 0 saturated carbocycles. The van der Waals surface area contributed by atoms with Crippen LogP contribution in [0.3, 0.4) is 0 Å². The molecule has 3 heterocycles. The van der Waals surface area contributed by atoms with Gasteiger partial charge in [-0.25, -0.2) is 9.36 Å². The quantitative estimate of drug-likeness (QED) is 0.489. The third-order valence-electron chi connectivity index (χ3n) is 4.60. The molecule has 0 N–H and O–H groups in total. The highest BCUT2D eigenvalue weighted by molar-refractivity contribution is 5.59. The molecule has 1 aliphatic heterocycles. The molecule has 0 unspecified atom stereocenters. The van der Waals surface area contributed by atoms with Crippen LogP contribution in [0.1, 0.15) is 0 Å². The van der Waals surface area contributed by atoms with Crippen molar-refractivity contribution in [2.75, 3.05) is 6.79 Å². The van der Waals surface area contributed by atoms with Gasteiger partial charge in [-0.05, 0) is 30.3 Å². The third kappa shape index (κ3) is 3.59. The van der Waals surface area contributed by atoms with Gasteiger partial charge in [0.2, 0.25) is 12.2 Å². The lowest BCUT2D eigenvalue weighted by atomic mass is 10.2. The van der Waals surface area contributed by atoms with Crippen molar-refractivity contribution in [1.29, 1.82) is 0 Å². The number of nitrogens with zero attached hydrogens (tertiary/aromatic N) is 4. The van der Waals surface area contributed by atoms with Gasteiger partial charge in [-0.2, -0.15) is 19.0 Å². The van der Waals surface area contributed by atoms with Gasteiger partial charge >= 0.3 is 6.61 Å². The van der Waals surface area contributed by atoms with E-state index in [-0.39, 0.29) is 23.7 Å². The molecule has 0 atom stereocenters. The van der Waals surface area contributed by atoms with E-state index in [1.165, 1.54) is 29.1 Å². The van der Waals surface area contributed by atoms with Crippen LogP contribution in [0, 0.1) is 0 Å². The molecule has 8 nitrogen and oxygen atoms in total. The number of benzene rings is 2. The SMILES string of the molecule is O=c1ccn(-c2cccc(OC(F)F)c2)nc1-c1ccnn1-c1ccc2c(c1)OCO2. The Morgan fingerprint density at radius 1 is 1.00 bits per heavy atom. The number of hydrogen-bond acceptors (Lipinski definition) is 6. The van der Waals surface area contributed by atoms with Crippen LogP contribution in [0.25, 0.3) is 22.8 Å². The van der Waals surface area contributed by atoms with Crippen LogP contribution in [-0.4, -0.2) is 33.0 Å². The smallest absolute Gasteiger partial charge is 0.387 e. The van der Waals surface area contributed by atoms with Crippen molar-refractivity contribution in [3.8, 4) is 40.0 Å². The summed E-state index contributed by atoms with van der Waals surface area (Å²) in [6.45, 7) is -2.80. The molecule has 10 heteroatoms. The molecule has 0 saturated heterocycles. The fraction of sp³-hybridized carbons (Fsp3) is 0.0952. The van der Waals surface area contributed by atoms with E-state index in [0.717, 1.165) is 0 Å². The van der Waals surface area contributed by atoms with Gasteiger partial charge in [-0.3, -0.25) is 4.79 Å². The van der Waals surface area contributed by atoms with Crippen molar-refractivity contribution in [3.63, 3.8) is 0 Å². The second-order valence-corrected chi connectivity index (χ2v) is 6.51. The molecule has 0 fully saturated rings. The van der Waals surface area contributed by atoms with Gasteiger partial charge in [0, 0.05) is 24.4 Å². The fourth-order valence-electron chi connectivity index (χ4n) is 3.24. The lowest BCUT2D eigenvalue weighted by Gasteiger charge is -2.11. The zero-order valence-corrected chi connectivity index (χ0v) is 15.8. The second-order valence-electron chi connectivity index (χ2n) is 6.51. The normalized spacial score (nSPS) is 12.4. The molecule has 0 radical (unpaired) electrons. The van der Waals surface area contributed by atoms with E-state index in [2.05, 4.69) is 14.9 Å². The number of rotatable bonds is 5. The average Bonchev–Trinajstić information content (AvgIpc) is 3.42. The van der Waals surface area contributed by atoms with Crippen molar-refractivity contribution in [1.82, 2.24) is 19.6 Å². The standard InChI is InChI=1S/C21H14F2N4O4/c22-21(23)31-15-3-1-2-13(10-15)26-9-7-17(28)20(25-26)16-6-8-24-27(16)14-4-5-18-19(11-14)30-12-29-18/h1-11,21H,12H2. The van der Waals surface area contributed by atoms with Crippen LogP contribution in [0.4, 0.5) is 8.78 Å². The number of alkyl halides is 2. The molecule has 1 aliphatic rings. The number of halogens is 2. The summed E-state index contributed by atoms with van der Waals surface area (Å²) in [6.07, 6.45) is 3.00. The molecule has 0 spiro atoms. The van der Waals surface area contributed by atoms with Crippen molar-refractivity contribution >= 4 is 0 Å². The lowest BCUT2D eigenvalue weighted by Crippen LogP contribution is -2.15. The molecular weight excluding hydrogens is 410 g/mol. The zero-order valence-electron chi connectivity index (χ0n) is 15.8. The minimum absolute atomic E-state index is 0.0139. The van der Waals surface area contributed by atoms with Crippen LogP contribution >= 0.6 is 0 Å². The maximum absolute atomic E-state index is 12.6. The van der Waals surface area contributed by atoms with Gasteiger partial charge in [0.25, 0.3) is 0 Å². The molecule has 156 valence electrons. The number of fused-ring (bicyclic) bond motifs is 1. The fourth-order valence-corrected chi connectivity index (χ4v) is 3.24. The van der Waals surface area contributed by atoms with Gasteiger partial charge in [-0.1, -0.05) is 6.07 Å². The Bertz CT molecular complexity index is 1320. The van der Waals surface area contributed by atoms with E-state index in [1.807, 2.05) is 0 Å². The highest BCUT2D eigenvalue weighted by Gasteiger charge is 2.18. The average molecular weight is 424 g/mol. The predicted molar refractivity (Wildman–Crippen MR) is 105 cm³/mol. The number of aromatic nitrogens is 4. The van der Waals surface area contributed by atoms with Crippen LogP contribution in [0.15, 0.2) is 71.8 Å². The largest absolute Gasteiger partial charge is 0.454 e. The molecular formula is C21H14F2N4O4. The monoisotopic (exact) mass is 424 g/mol. The maximum Gasteiger partial charge on any atom is 0.387 e. The van der Waals surface area contributed by atoms with Crippen LogP contribution in [0.5, 0.6) is 17.2 Å². The Hall–Kier alpha value is -4.21. The molecule has 2 aromatic heterocycles. The topological polar surface area (TPSA) is 80.4 Å². The van der Waals surface area contributed by atoms with Gasteiger partial charge in [0.1, 0.15) is 5.75 Å². The summed E-state index contributed by atoms with van der Waals surface area (Å²) in [5.41, 5.74) is 1.39. The van der Waals surface area contributed by atoms with Crippen molar-refractivity contribution in [2.24, 2.45) is 0 Å². The first-order chi connectivity index (χ1) is 15.1. The summed E-state index contributed by atoms with van der Waals surface area (Å²) in [5, 5.41) is 8.72. The first-order valence-electron chi connectivity index (χ1n) is 9.18. The van der Waals surface area contributed by atoms with Crippen molar-refractivity contribution < 1.29 is 23.0 Å². The summed E-state index contributed by atoms with van der Waals surface area (Å²) in [5.74, 6) is 1.19. The summed E-state index contributed by atoms with van der Waals surface area (Å²) < 4.78 is 43.2. The Morgan fingerprint density at radius 3 is 2.74 bits per heavy atom. The maximum atomic E-state index is 12.6. The van der Waals surface area contributed by atoms with E-state index >= 15 is 0 Å². The van der Waals surface area contributed by atoms with E-state index in [0.29, 0.717) is 28.6 Å². The Balaban J connectivity index is 1.56. The molecule has 4 aromatic rings. The first kappa shape index (κ1) is 18.8. The second kappa shape index (κ2) is 7.56. The molecule has 2 aromatic carbocycles. The van der Waals surface area contributed by atoms with Gasteiger partial charge in [0.05, 0.1) is 23.3 Å². The lowest BCUT2D eigenvalue weighted by molar-refractivity contribution is -0.0498. The van der Waals surface area contributed by atoms with Gasteiger partial charge in [-0.15, -0.1) is 0 Å². The minimum atomic E-state index is -2.94. The zero-order chi connectivity index (χ0) is 21.4. The van der Waals surface area contributed by atoms with E-state index in [4.69, 9.17) is 9.47 Å². The summed E-state index contributed by atoms with van der Waals surface area (Å²) in [7, 11) is 0. The van der Waals surface area contributed by atoms with Gasteiger partial charge in [0.15, 0.2) is 17.2 Å². The third-order valence-corrected chi connectivity index (χ3v) is 4.60. The van der Waals surface area contributed by atoms with E-state index in [9.17, 15) is 13.6 Å². The van der Waals surface area contributed by atoms with Crippen molar-refractivity contribution in [3.05, 3.63) is 77.2 Å². The number of hydrogen-bond donors (Lipinski definition) is 0. The highest BCUT2D eigenvalue weighted by Crippen LogP contribution is 2.34. The van der Waals surface area contributed by atoms with Crippen molar-refractivity contribution in [2.45, 2.75) is 6.61 Å². The van der Waals surface area contributed by atoms with Crippen LogP contribution in [0.2, 0.25) is 0 Å². The summed E-state index contributed by atoms with van der Waals surface area (Å²) >= 11 is 0. The molecule has 0 amide bonds. The van der Waals surface area contributed by atoms with Crippen LogP contribution in [-0.2, 0) is 0 Å². The van der Waals surface area contributed by atoms with E-state index < -0.39 is 6.61 Å². The van der Waals surface area contributed by atoms with Crippen LogP contribution < -0.4 is 19.6 Å². The predicted octanol–water partition coefficient (Wildman–Crippen LogP) is 3.42. The molecule has 0 bridgehead atoms. The minimum Gasteiger partial charge on any atom is -0.454 e. The molecule has 31 heavy (non-hydrogen) atoms. The summed E-state index contributed by atoms with van der Waals surface area (Å²) in [4.78, 5) is 12.6. The summed E-state index contributed by atoms with van der Waals surface area (Å²) in [6, 6.07) is 14.3.